The molecule has 0 saturated carbocycles. The van der Waals surface area contributed by atoms with Crippen molar-refractivity contribution in [3.05, 3.63) is 17.0 Å². The Bertz CT molecular complexity index is 745. The predicted octanol–water partition coefficient (Wildman–Crippen LogP) is -0.966. The number of fused-ring (bicyclic) bond motifs is 1. The molecule has 1 amide bonds. The molecule has 2 N–H and O–H groups in total. The van der Waals surface area contributed by atoms with Crippen LogP contribution in [-0.4, -0.2) is 86.4 Å². The van der Waals surface area contributed by atoms with Crippen molar-refractivity contribution in [2.24, 2.45) is 5.92 Å². The second kappa shape index (κ2) is 7.02. The summed E-state index contributed by atoms with van der Waals surface area (Å²) in [4.78, 5) is 14.8. The van der Waals surface area contributed by atoms with Crippen LogP contribution in [0.2, 0.25) is 0 Å². The van der Waals surface area contributed by atoms with Gasteiger partial charge in [-0.25, -0.2) is 12.7 Å². The summed E-state index contributed by atoms with van der Waals surface area (Å²) < 4.78 is 30.8. The Morgan fingerprint density at radius 1 is 1.44 bits per heavy atom. The van der Waals surface area contributed by atoms with Crippen LogP contribution >= 0.6 is 0 Å². The number of carbonyl (C=O) groups excluding carboxylic acids is 1. The number of sulfonamides is 1. The van der Waals surface area contributed by atoms with Gasteiger partial charge in [-0.05, 0) is 7.05 Å². The zero-order valence-corrected chi connectivity index (χ0v) is 15.6. The van der Waals surface area contributed by atoms with Gasteiger partial charge in [0.25, 0.3) is 5.91 Å². The molecule has 0 radical (unpaired) electrons. The molecule has 1 aromatic rings. The van der Waals surface area contributed by atoms with Crippen LogP contribution in [0, 0.1) is 5.92 Å². The van der Waals surface area contributed by atoms with Crippen LogP contribution in [0.5, 0.6) is 0 Å². The van der Waals surface area contributed by atoms with E-state index in [-0.39, 0.29) is 23.6 Å². The maximum atomic E-state index is 12.7. The Balaban J connectivity index is 1.70. The largest absolute Gasteiger partial charge is 0.379 e. The lowest BCUT2D eigenvalue weighted by Crippen LogP contribution is -2.44. The van der Waals surface area contributed by atoms with Gasteiger partial charge in [0.15, 0.2) is 5.69 Å². The number of ether oxygens (including phenoxy) is 1. The van der Waals surface area contributed by atoms with Crippen molar-refractivity contribution in [3.63, 3.8) is 0 Å². The summed E-state index contributed by atoms with van der Waals surface area (Å²) in [6.07, 6.45) is 0.836. The second-order valence-corrected chi connectivity index (χ2v) is 9.18. The van der Waals surface area contributed by atoms with E-state index in [9.17, 15) is 13.2 Å². The van der Waals surface area contributed by atoms with Crippen molar-refractivity contribution in [1.82, 2.24) is 24.7 Å². The number of H-pyrrole nitrogens is 1. The molecule has 25 heavy (non-hydrogen) atoms. The number of hydrogen-bond acceptors (Lipinski definition) is 6. The molecule has 1 saturated heterocycles. The Hall–Kier alpha value is -1.49. The minimum atomic E-state index is -3.35. The van der Waals surface area contributed by atoms with E-state index in [1.54, 1.807) is 0 Å². The van der Waals surface area contributed by atoms with E-state index in [0.717, 1.165) is 24.2 Å². The molecule has 0 aromatic carbocycles. The fraction of sp³-hybridized carbons (Fsp3) is 0.733. The van der Waals surface area contributed by atoms with Crippen LogP contribution in [-0.2, 0) is 27.7 Å². The van der Waals surface area contributed by atoms with E-state index in [2.05, 4.69) is 20.4 Å². The summed E-state index contributed by atoms with van der Waals surface area (Å²) >= 11 is 0. The van der Waals surface area contributed by atoms with E-state index in [1.807, 2.05) is 7.05 Å². The van der Waals surface area contributed by atoms with Crippen LogP contribution in [0.15, 0.2) is 0 Å². The van der Waals surface area contributed by atoms with Crippen LogP contribution in [0.25, 0.3) is 0 Å². The predicted molar refractivity (Wildman–Crippen MR) is 91.7 cm³/mol. The highest BCUT2D eigenvalue weighted by Crippen LogP contribution is 2.21. The van der Waals surface area contributed by atoms with Gasteiger partial charge in [0.05, 0.1) is 25.0 Å². The minimum Gasteiger partial charge on any atom is -0.379 e. The first-order valence-corrected chi connectivity index (χ1v) is 9.92. The van der Waals surface area contributed by atoms with Crippen molar-refractivity contribution in [2.45, 2.75) is 19.0 Å². The van der Waals surface area contributed by atoms with E-state index < -0.39 is 10.0 Å². The lowest BCUT2D eigenvalue weighted by Gasteiger charge is -2.23. The van der Waals surface area contributed by atoms with Gasteiger partial charge in [0.2, 0.25) is 10.0 Å². The zero-order valence-electron chi connectivity index (χ0n) is 14.8. The van der Waals surface area contributed by atoms with Crippen LogP contribution in [0.3, 0.4) is 0 Å². The van der Waals surface area contributed by atoms with Gasteiger partial charge in [0, 0.05) is 50.8 Å². The van der Waals surface area contributed by atoms with Crippen molar-refractivity contribution >= 4 is 15.9 Å². The van der Waals surface area contributed by atoms with Crippen molar-refractivity contribution in [1.29, 1.82) is 0 Å². The Kier molecular flexibility index (Phi) is 5.14. The topological polar surface area (TPSA) is 108 Å². The van der Waals surface area contributed by atoms with Gasteiger partial charge >= 0.3 is 0 Å². The van der Waals surface area contributed by atoms with Gasteiger partial charge in [-0.3, -0.25) is 9.89 Å². The number of nitrogens with zero attached hydrogens (tertiary/aromatic N) is 3. The molecule has 140 valence electrons. The molecule has 2 aliphatic rings. The molecular weight excluding hydrogens is 346 g/mol. The summed E-state index contributed by atoms with van der Waals surface area (Å²) in [6.45, 7) is 2.23. The number of hydrogen-bond donors (Lipinski definition) is 2. The molecule has 9 nitrogen and oxygen atoms in total. The van der Waals surface area contributed by atoms with Gasteiger partial charge in [0.1, 0.15) is 0 Å². The lowest BCUT2D eigenvalue weighted by molar-refractivity contribution is 0.0919. The average Bonchev–Trinajstić information content (AvgIpc) is 3.13. The molecular formula is C15H25N5O4S. The third-order valence-electron chi connectivity index (χ3n) is 4.84. The third kappa shape index (κ3) is 3.86. The summed E-state index contributed by atoms with van der Waals surface area (Å²) in [7, 11) is 1.66. The molecule has 1 fully saturated rings. The number of amides is 1. The Labute approximate surface area is 147 Å². The highest BCUT2D eigenvalue weighted by molar-refractivity contribution is 7.89. The molecule has 0 spiro atoms. The Morgan fingerprint density at radius 2 is 2.20 bits per heavy atom. The van der Waals surface area contributed by atoms with Crippen molar-refractivity contribution in [3.8, 4) is 0 Å². The quantitative estimate of drug-likeness (QED) is 0.690. The van der Waals surface area contributed by atoms with E-state index in [0.29, 0.717) is 25.5 Å². The number of likely N-dealkylation sites (N-methyl/N-ethyl adjacent to an activating group) is 1. The van der Waals surface area contributed by atoms with E-state index in [1.165, 1.54) is 18.4 Å². The van der Waals surface area contributed by atoms with Crippen LogP contribution in [0.4, 0.5) is 0 Å². The van der Waals surface area contributed by atoms with Gasteiger partial charge in [-0.1, -0.05) is 0 Å². The van der Waals surface area contributed by atoms with E-state index in [4.69, 9.17) is 4.74 Å². The molecule has 2 aliphatic heterocycles. The number of rotatable bonds is 5. The monoisotopic (exact) mass is 371 g/mol. The molecule has 1 aromatic heterocycles. The summed E-state index contributed by atoms with van der Waals surface area (Å²) in [5, 5.41) is 10.0. The third-order valence-corrected chi connectivity index (χ3v) is 6.80. The molecule has 2 atom stereocenters. The highest BCUT2D eigenvalue weighted by Gasteiger charge is 2.35. The SMILES string of the molecule is CN1CCc2[nH]nc(C(=O)N[C@@H]3COC[C@H]3CS(=O)(=O)N(C)C)c2C1. The number of carbonyl (C=O) groups is 1. The zero-order chi connectivity index (χ0) is 18.2. The number of nitrogens with one attached hydrogen (secondary N) is 2. The van der Waals surface area contributed by atoms with Gasteiger partial charge < -0.3 is 15.0 Å². The number of aromatic nitrogens is 2. The van der Waals surface area contributed by atoms with Crippen molar-refractivity contribution < 1.29 is 17.9 Å². The summed E-state index contributed by atoms with van der Waals surface area (Å²) in [5.41, 5.74) is 2.31. The lowest BCUT2D eigenvalue weighted by atomic mass is 10.0. The van der Waals surface area contributed by atoms with Gasteiger partial charge in [-0.15, -0.1) is 0 Å². The first-order chi connectivity index (χ1) is 11.8. The molecule has 10 heteroatoms. The van der Waals surface area contributed by atoms with Crippen molar-refractivity contribution in [2.75, 3.05) is 46.7 Å². The molecule has 0 unspecified atom stereocenters. The minimum absolute atomic E-state index is 0.0492. The maximum absolute atomic E-state index is 12.7. The van der Waals surface area contributed by atoms with Crippen LogP contribution < -0.4 is 5.32 Å². The molecule has 0 bridgehead atoms. The number of aromatic amines is 1. The standard InChI is InChI=1S/C15H25N5O4S/c1-19(2)25(22,23)9-10-7-24-8-13(10)16-15(21)14-11-6-20(3)5-4-12(11)17-18-14/h10,13H,4-9H2,1-3H3,(H,16,21)(H,17,18)/t10-,13+/m0/s1. The molecule has 0 aliphatic carbocycles. The van der Waals surface area contributed by atoms with Crippen LogP contribution in [0.1, 0.15) is 21.7 Å². The average molecular weight is 371 g/mol. The van der Waals surface area contributed by atoms with Gasteiger partial charge in [-0.2, -0.15) is 5.10 Å². The maximum Gasteiger partial charge on any atom is 0.272 e. The molecule has 3 rings (SSSR count). The summed E-state index contributed by atoms with van der Waals surface area (Å²) in [6, 6.07) is -0.337. The Morgan fingerprint density at radius 3 is 2.92 bits per heavy atom. The first-order valence-electron chi connectivity index (χ1n) is 8.31. The normalized spacial score (nSPS) is 24.5. The smallest absolute Gasteiger partial charge is 0.272 e. The molecule has 3 heterocycles. The first kappa shape index (κ1) is 18.3. The second-order valence-electron chi connectivity index (χ2n) is 6.96. The highest BCUT2D eigenvalue weighted by atomic mass is 32.2. The summed E-state index contributed by atoms with van der Waals surface area (Å²) in [5.74, 6) is -0.601. The van der Waals surface area contributed by atoms with E-state index >= 15 is 0 Å². The fourth-order valence-corrected chi connectivity index (χ4v) is 4.36. The fourth-order valence-electron chi connectivity index (χ4n) is 3.20.